The minimum Gasteiger partial charge on any atom is -0.306 e. The van der Waals surface area contributed by atoms with Crippen LogP contribution in [0.1, 0.15) is 29.9 Å². The lowest BCUT2D eigenvalue weighted by Crippen LogP contribution is -2.19. The minimum atomic E-state index is 0.207. The topological polar surface area (TPSA) is 55.6 Å². The summed E-state index contributed by atoms with van der Waals surface area (Å²) >= 11 is 0. The molecule has 3 heterocycles. The molecule has 0 aliphatic heterocycles. The molecule has 1 unspecified atom stereocenters. The number of pyridine rings is 2. The molecule has 0 radical (unpaired) electrons. The van der Waals surface area contributed by atoms with E-state index < -0.39 is 0 Å². The molecule has 0 aliphatic carbocycles. The normalized spacial score (nSPS) is 12.4. The standard InChI is InChI=1S/C21H21N5/c1-15(18-8-7-17-5-3-9-23-20(17)13-18)25-14-19-6-4-10-24-21(19)26-12-11-22-16(26)2/h3-13,15,25H,14H2,1-2H3. The monoisotopic (exact) mass is 343 g/mol. The molecule has 0 spiro atoms. The summed E-state index contributed by atoms with van der Waals surface area (Å²) in [4.78, 5) is 13.3. The summed E-state index contributed by atoms with van der Waals surface area (Å²) in [6, 6.07) is 14.8. The number of rotatable bonds is 5. The zero-order valence-corrected chi connectivity index (χ0v) is 14.9. The predicted octanol–water partition coefficient (Wildman–Crippen LogP) is 3.97. The highest BCUT2D eigenvalue weighted by Crippen LogP contribution is 2.20. The number of aromatic nitrogens is 4. The lowest BCUT2D eigenvalue weighted by atomic mass is 10.1. The van der Waals surface area contributed by atoms with Crippen LogP contribution in [0.2, 0.25) is 0 Å². The molecule has 5 heteroatoms. The smallest absolute Gasteiger partial charge is 0.142 e. The van der Waals surface area contributed by atoms with Gasteiger partial charge in [0.1, 0.15) is 11.6 Å². The van der Waals surface area contributed by atoms with Crippen molar-refractivity contribution in [1.82, 2.24) is 24.8 Å². The van der Waals surface area contributed by atoms with Crippen LogP contribution in [0, 0.1) is 6.92 Å². The van der Waals surface area contributed by atoms with Crippen LogP contribution in [0.15, 0.2) is 67.3 Å². The van der Waals surface area contributed by atoms with Crippen LogP contribution >= 0.6 is 0 Å². The fourth-order valence-electron chi connectivity index (χ4n) is 3.12. The Labute approximate surface area is 152 Å². The second kappa shape index (κ2) is 7.06. The molecule has 0 amide bonds. The quantitative estimate of drug-likeness (QED) is 0.596. The van der Waals surface area contributed by atoms with E-state index in [4.69, 9.17) is 0 Å². The Morgan fingerprint density at radius 3 is 2.69 bits per heavy atom. The van der Waals surface area contributed by atoms with Gasteiger partial charge in [-0.1, -0.05) is 24.3 Å². The molecule has 130 valence electrons. The molecular weight excluding hydrogens is 322 g/mol. The maximum absolute atomic E-state index is 4.55. The van der Waals surface area contributed by atoms with Gasteiger partial charge in [0.25, 0.3) is 0 Å². The van der Waals surface area contributed by atoms with Crippen molar-refractivity contribution in [3.8, 4) is 5.82 Å². The second-order valence-electron chi connectivity index (χ2n) is 6.39. The van der Waals surface area contributed by atoms with E-state index in [9.17, 15) is 0 Å². The molecule has 0 saturated carbocycles. The van der Waals surface area contributed by atoms with Crippen molar-refractivity contribution in [3.05, 3.63) is 84.2 Å². The van der Waals surface area contributed by atoms with E-state index >= 15 is 0 Å². The van der Waals surface area contributed by atoms with Gasteiger partial charge in [-0.3, -0.25) is 9.55 Å². The van der Waals surface area contributed by atoms with Gasteiger partial charge in [0.05, 0.1) is 5.52 Å². The Kier molecular flexibility index (Phi) is 4.46. The molecular formula is C21H21N5. The lowest BCUT2D eigenvalue weighted by Gasteiger charge is -2.17. The van der Waals surface area contributed by atoms with Crippen molar-refractivity contribution in [2.75, 3.05) is 0 Å². The third kappa shape index (κ3) is 3.21. The molecule has 5 nitrogen and oxygen atoms in total. The van der Waals surface area contributed by atoms with E-state index in [1.807, 2.05) is 42.2 Å². The van der Waals surface area contributed by atoms with Crippen LogP contribution in [0.3, 0.4) is 0 Å². The first kappa shape index (κ1) is 16.4. The zero-order chi connectivity index (χ0) is 17.9. The molecule has 1 atom stereocenters. The van der Waals surface area contributed by atoms with Crippen LogP contribution in [0.5, 0.6) is 0 Å². The Morgan fingerprint density at radius 1 is 1.00 bits per heavy atom. The highest BCUT2D eigenvalue weighted by Gasteiger charge is 2.11. The van der Waals surface area contributed by atoms with E-state index in [-0.39, 0.29) is 6.04 Å². The van der Waals surface area contributed by atoms with Crippen molar-refractivity contribution >= 4 is 10.9 Å². The van der Waals surface area contributed by atoms with Crippen molar-refractivity contribution in [3.63, 3.8) is 0 Å². The Hall–Kier alpha value is -3.05. The molecule has 4 aromatic rings. The third-order valence-electron chi connectivity index (χ3n) is 4.65. The molecule has 1 aromatic carbocycles. The van der Waals surface area contributed by atoms with Gasteiger partial charge in [-0.15, -0.1) is 0 Å². The van der Waals surface area contributed by atoms with Gasteiger partial charge in [0, 0.05) is 48.3 Å². The SMILES string of the molecule is Cc1nccn1-c1ncccc1CNC(C)c1ccc2cccnc2c1. The number of aryl methyl sites for hydroxylation is 1. The first-order chi connectivity index (χ1) is 12.7. The summed E-state index contributed by atoms with van der Waals surface area (Å²) in [6.45, 7) is 4.88. The summed E-state index contributed by atoms with van der Waals surface area (Å²) in [6.07, 6.45) is 7.39. The molecule has 0 fully saturated rings. The Morgan fingerprint density at radius 2 is 1.85 bits per heavy atom. The molecule has 1 N–H and O–H groups in total. The fourth-order valence-corrected chi connectivity index (χ4v) is 3.12. The van der Waals surface area contributed by atoms with Crippen LogP contribution in [0.25, 0.3) is 16.7 Å². The fraction of sp³-hybridized carbons (Fsp3) is 0.190. The highest BCUT2D eigenvalue weighted by atomic mass is 15.1. The van der Waals surface area contributed by atoms with Crippen LogP contribution in [-0.4, -0.2) is 19.5 Å². The zero-order valence-electron chi connectivity index (χ0n) is 14.9. The number of nitrogens with one attached hydrogen (secondary N) is 1. The first-order valence-electron chi connectivity index (χ1n) is 8.74. The summed E-state index contributed by atoms with van der Waals surface area (Å²) in [5, 5.41) is 4.76. The third-order valence-corrected chi connectivity index (χ3v) is 4.65. The van der Waals surface area contributed by atoms with Gasteiger partial charge in [-0.25, -0.2) is 9.97 Å². The summed E-state index contributed by atoms with van der Waals surface area (Å²) < 4.78 is 2.02. The number of fused-ring (bicyclic) bond motifs is 1. The second-order valence-corrected chi connectivity index (χ2v) is 6.39. The average Bonchev–Trinajstić information content (AvgIpc) is 3.11. The summed E-state index contributed by atoms with van der Waals surface area (Å²) in [5.74, 6) is 1.85. The van der Waals surface area contributed by atoms with Gasteiger partial charge in [0.2, 0.25) is 0 Å². The first-order valence-corrected chi connectivity index (χ1v) is 8.74. The Balaban J connectivity index is 1.54. The number of hydrogen-bond donors (Lipinski definition) is 1. The lowest BCUT2D eigenvalue weighted by molar-refractivity contribution is 0.572. The molecule has 0 bridgehead atoms. The molecule has 3 aromatic heterocycles. The van der Waals surface area contributed by atoms with Crippen LogP contribution < -0.4 is 5.32 Å². The van der Waals surface area contributed by atoms with E-state index in [0.29, 0.717) is 0 Å². The van der Waals surface area contributed by atoms with Crippen molar-refractivity contribution in [2.24, 2.45) is 0 Å². The maximum atomic E-state index is 4.55. The van der Waals surface area contributed by atoms with Crippen LogP contribution in [-0.2, 0) is 6.54 Å². The molecule has 0 saturated heterocycles. The number of hydrogen-bond acceptors (Lipinski definition) is 4. The largest absolute Gasteiger partial charge is 0.306 e. The van der Waals surface area contributed by atoms with Crippen molar-refractivity contribution in [1.29, 1.82) is 0 Å². The van der Waals surface area contributed by atoms with Gasteiger partial charge in [0.15, 0.2) is 0 Å². The van der Waals surface area contributed by atoms with Gasteiger partial charge in [-0.2, -0.15) is 0 Å². The van der Waals surface area contributed by atoms with E-state index in [1.54, 1.807) is 6.20 Å². The van der Waals surface area contributed by atoms with Crippen LogP contribution in [0.4, 0.5) is 0 Å². The molecule has 4 rings (SSSR count). The van der Waals surface area contributed by atoms with E-state index in [0.717, 1.165) is 34.7 Å². The van der Waals surface area contributed by atoms with E-state index in [2.05, 4.69) is 57.5 Å². The maximum Gasteiger partial charge on any atom is 0.142 e. The van der Waals surface area contributed by atoms with Crippen molar-refractivity contribution in [2.45, 2.75) is 26.4 Å². The van der Waals surface area contributed by atoms with Gasteiger partial charge in [-0.05, 0) is 37.6 Å². The number of imidazole rings is 1. The summed E-state index contributed by atoms with van der Waals surface area (Å²) in [5.41, 5.74) is 3.38. The van der Waals surface area contributed by atoms with Gasteiger partial charge < -0.3 is 5.32 Å². The number of benzene rings is 1. The van der Waals surface area contributed by atoms with Crippen molar-refractivity contribution < 1.29 is 0 Å². The number of nitrogens with zero attached hydrogens (tertiary/aromatic N) is 4. The van der Waals surface area contributed by atoms with Gasteiger partial charge >= 0.3 is 0 Å². The molecule has 26 heavy (non-hydrogen) atoms. The van der Waals surface area contributed by atoms with E-state index in [1.165, 1.54) is 5.56 Å². The highest BCUT2D eigenvalue weighted by molar-refractivity contribution is 5.78. The average molecular weight is 343 g/mol. The summed E-state index contributed by atoms with van der Waals surface area (Å²) in [7, 11) is 0. The molecule has 0 aliphatic rings. The predicted molar refractivity (Wildman–Crippen MR) is 103 cm³/mol. The minimum absolute atomic E-state index is 0.207. The Bertz CT molecular complexity index is 1040.